The number of amides is 2. The number of benzene rings is 1. The van der Waals surface area contributed by atoms with E-state index in [1.807, 2.05) is 30.3 Å². The van der Waals surface area contributed by atoms with Crippen LogP contribution in [-0.2, 0) is 11.3 Å². The molecule has 0 aliphatic rings. The van der Waals surface area contributed by atoms with Gasteiger partial charge in [0.1, 0.15) is 11.7 Å². The maximum Gasteiger partial charge on any atom is 0.268 e. The van der Waals surface area contributed by atoms with Gasteiger partial charge in [-0.2, -0.15) is 0 Å². The molecule has 3 N–H and O–H groups in total. The van der Waals surface area contributed by atoms with Gasteiger partial charge >= 0.3 is 0 Å². The number of aromatic amines is 1. The third-order valence-electron chi connectivity index (χ3n) is 4.07. The zero-order valence-electron chi connectivity index (χ0n) is 14.9. The monoisotopic (exact) mass is 341 g/mol. The smallest absolute Gasteiger partial charge is 0.268 e. The largest absolute Gasteiger partial charge is 0.354 e. The molecular formula is C19H23N3O3. The average Bonchev–Trinajstić information content (AvgIpc) is 2.88. The van der Waals surface area contributed by atoms with Crippen LogP contribution in [0.15, 0.2) is 30.3 Å². The molecule has 0 saturated heterocycles. The maximum atomic E-state index is 12.4. The van der Waals surface area contributed by atoms with E-state index in [0.29, 0.717) is 29.1 Å². The first-order valence-electron chi connectivity index (χ1n) is 8.13. The fraction of sp³-hybridized carbons (Fsp3) is 0.316. The first-order chi connectivity index (χ1) is 11.8. The normalized spacial score (nSPS) is 11.7. The highest BCUT2D eigenvalue weighted by atomic mass is 16.2. The molecule has 0 bridgehead atoms. The maximum absolute atomic E-state index is 12.4. The fourth-order valence-corrected chi connectivity index (χ4v) is 2.78. The summed E-state index contributed by atoms with van der Waals surface area (Å²) in [5.41, 5.74) is 3.06. The summed E-state index contributed by atoms with van der Waals surface area (Å²) in [6.45, 7) is 6.94. The fourth-order valence-electron chi connectivity index (χ4n) is 2.78. The first kappa shape index (κ1) is 18.4. The van der Waals surface area contributed by atoms with Gasteiger partial charge in [-0.05, 0) is 38.8 Å². The van der Waals surface area contributed by atoms with Crippen molar-refractivity contribution in [3.05, 3.63) is 58.4 Å². The number of carbonyl (C=O) groups excluding carboxylic acids is 3. The second kappa shape index (κ2) is 7.79. The van der Waals surface area contributed by atoms with Gasteiger partial charge in [0, 0.05) is 17.8 Å². The van der Waals surface area contributed by atoms with Crippen molar-refractivity contribution < 1.29 is 14.4 Å². The van der Waals surface area contributed by atoms with Crippen molar-refractivity contribution in [2.45, 2.75) is 40.3 Å². The van der Waals surface area contributed by atoms with Crippen molar-refractivity contribution in [2.75, 3.05) is 0 Å². The van der Waals surface area contributed by atoms with Gasteiger partial charge in [-0.15, -0.1) is 0 Å². The van der Waals surface area contributed by atoms with Crippen LogP contribution in [0.1, 0.15) is 51.5 Å². The molecule has 6 heteroatoms. The van der Waals surface area contributed by atoms with E-state index in [1.54, 1.807) is 20.8 Å². The zero-order chi connectivity index (χ0) is 18.6. The minimum absolute atomic E-state index is 0.0982. The van der Waals surface area contributed by atoms with Gasteiger partial charge in [-0.1, -0.05) is 30.3 Å². The standard InChI is InChI=1S/C19H23N3O3/c1-11-16(14(4)23)12(2)21-17(11)19(25)22-13(3)18(24)20-10-15-8-6-5-7-9-15/h5-9,13,21H,10H2,1-4H3,(H,20,24)(H,22,25)/t13-/m1/s1. The van der Waals surface area contributed by atoms with Crippen LogP contribution in [-0.4, -0.2) is 28.6 Å². The minimum Gasteiger partial charge on any atom is -0.354 e. The summed E-state index contributed by atoms with van der Waals surface area (Å²) >= 11 is 0. The lowest BCUT2D eigenvalue weighted by molar-refractivity contribution is -0.122. The summed E-state index contributed by atoms with van der Waals surface area (Å²) in [5, 5.41) is 5.45. The Balaban J connectivity index is 1.99. The Morgan fingerprint density at radius 1 is 1.12 bits per heavy atom. The van der Waals surface area contributed by atoms with Crippen LogP contribution in [0.2, 0.25) is 0 Å². The molecule has 0 aliphatic heterocycles. The lowest BCUT2D eigenvalue weighted by Gasteiger charge is -2.14. The van der Waals surface area contributed by atoms with Crippen molar-refractivity contribution in [1.82, 2.24) is 15.6 Å². The van der Waals surface area contributed by atoms with Gasteiger partial charge in [-0.25, -0.2) is 0 Å². The molecule has 132 valence electrons. The average molecular weight is 341 g/mol. The van der Waals surface area contributed by atoms with Crippen LogP contribution in [0.3, 0.4) is 0 Å². The molecule has 1 heterocycles. The number of carbonyl (C=O) groups is 3. The number of aryl methyl sites for hydroxylation is 1. The van der Waals surface area contributed by atoms with Crippen LogP contribution in [0.4, 0.5) is 0 Å². The molecule has 0 aliphatic carbocycles. The van der Waals surface area contributed by atoms with Crippen molar-refractivity contribution in [2.24, 2.45) is 0 Å². The minimum atomic E-state index is -0.694. The Hall–Kier alpha value is -2.89. The van der Waals surface area contributed by atoms with Crippen LogP contribution >= 0.6 is 0 Å². The quantitative estimate of drug-likeness (QED) is 0.704. The van der Waals surface area contributed by atoms with E-state index in [0.717, 1.165) is 5.56 Å². The van der Waals surface area contributed by atoms with Gasteiger partial charge in [0.05, 0.1) is 0 Å². The first-order valence-corrected chi connectivity index (χ1v) is 8.13. The second-order valence-corrected chi connectivity index (χ2v) is 6.08. The number of rotatable bonds is 6. The predicted octanol–water partition coefficient (Wildman–Crippen LogP) is 2.27. The third kappa shape index (κ3) is 4.35. The summed E-state index contributed by atoms with van der Waals surface area (Å²) in [7, 11) is 0. The molecule has 2 aromatic rings. The molecule has 25 heavy (non-hydrogen) atoms. The Morgan fingerprint density at radius 2 is 1.76 bits per heavy atom. The van der Waals surface area contributed by atoms with Crippen LogP contribution in [0.25, 0.3) is 0 Å². The molecule has 0 saturated carbocycles. The third-order valence-corrected chi connectivity index (χ3v) is 4.07. The summed E-state index contributed by atoms with van der Waals surface area (Å²) in [5.74, 6) is -0.778. The van der Waals surface area contributed by atoms with Crippen molar-refractivity contribution in [1.29, 1.82) is 0 Å². The zero-order valence-corrected chi connectivity index (χ0v) is 14.9. The number of aromatic nitrogens is 1. The number of ketones is 1. The van der Waals surface area contributed by atoms with E-state index in [2.05, 4.69) is 15.6 Å². The molecule has 2 amide bonds. The second-order valence-electron chi connectivity index (χ2n) is 6.08. The number of Topliss-reactive ketones (excluding diaryl/α,β-unsaturated/α-hetero) is 1. The summed E-state index contributed by atoms with van der Waals surface area (Å²) in [4.78, 5) is 39.2. The number of hydrogen-bond acceptors (Lipinski definition) is 3. The van der Waals surface area contributed by atoms with Crippen molar-refractivity contribution in [3.63, 3.8) is 0 Å². The topological polar surface area (TPSA) is 91.1 Å². The highest BCUT2D eigenvalue weighted by Crippen LogP contribution is 2.18. The molecule has 0 unspecified atom stereocenters. The van der Waals surface area contributed by atoms with Gasteiger partial charge in [0.15, 0.2) is 5.78 Å². The van der Waals surface area contributed by atoms with E-state index in [-0.39, 0.29) is 11.7 Å². The van der Waals surface area contributed by atoms with Gasteiger partial charge < -0.3 is 15.6 Å². The number of hydrogen-bond donors (Lipinski definition) is 3. The van der Waals surface area contributed by atoms with Gasteiger partial charge in [-0.3, -0.25) is 14.4 Å². The van der Waals surface area contributed by atoms with E-state index in [9.17, 15) is 14.4 Å². The predicted molar refractivity (Wildman–Crippen MR) is 95.5 cm³/mol. The van der Waals surface area contributed by atoms with E-state index >= 15 is 0 Å². The van der Waals surface area contributed by atoms with E-state index in [1.165, 1.54) is 6.92 Å². The van der Waals surface area contributed by atoms with Crippen LogP contribution in [0.5, 0.6) is 0 Å². The summed E-state index contributed by atoms with van der Waals surface area (Å²) < 4.78 is 0. The van der Waals surface area contributed by atoms with Crippen molar-refractivity contribution in [3.8, 4) is 0 Å². The Morgan fingerprint density at radius 3 is 2.32 bits per heavy atom. The molecule has 0 fully saturated rings. The molecule has 1 atom stereocenters. The summed E-state index contributed by atoms with van der Waals surface area (Å²) in [6, 6.07) is 8.84. The molecule has 1 aromatic heterocycles. The molecule has 2 rings (SSSR count). The Labute approximate surface area is 147 Å². The molecule has 0 radical (unpaired) electrons. The molecule has 1 aromatic carbocycles. The Bertz CT molecular complexity index is 794. The summed E-state index contributed by atoms with van der Waals surface area (Å²) in [6.07, 6.45) is 0. The van der Waals surface area contributed by atoms with E-state index < -0.39 is 11.9 Å². The lowest BCUT2D eigenvalue weighted by Crippen LogP contribution is -2.44. The highest BCUT2D eigenvalue weighted by molar-refractivity contribution is 6.03. The number of nitrogens with one attached hydrogen (secondary N) is 3. The van der Waals surface area contributed by atoms with Crippen LogP contribution < -0.4 is 10.6 Å². The van der Waals surface area contributed by atoms with Gasteiger partial charge in [0.2, 0.25) is 5.91 Å². The number of H-pyrrole nitrogens is 1. The molecule has 6 nitrogen and oxygen atoms in total. The van der Waals surface area contributed by atoms with E-state index in [4.69, 9.17) is 0 Å². The lowest BCUT2D eigenvalue weighted by atomic mass is 10.1. The molecular weight excluding hydrogens is 318 g/mol. The van der Waals surface area contributed by atoms with Crippen LogP contribution in [0, 0.1) is 13.8 Å². The Kier molecular flexibility index (Phi) is 5.75. The van der Waals surface area contributed by atoms with Crippen molar-refractivity contribution >= 4 is 17.6 Å². The molecule has 0 spiro atoms. The van der Waals surface area contributed by atoms with Gasteiger partial charge in [0.25, 0.3) is 5.91 Å². The SMILES string of the molecule is CC(=O)c1c(C)[nH]c(C(=O)N[C@H](C)C(=O)NCc2ccccc2)c1C. The highest BCUT2D eigenvalue weighted by Gasteiger charge is 2.22.